The average molecular weight is 243 g/mol. The van der Waals surface area contributed by atoms with Crippen LogP contribution in [-0.2, 0) is 0 Å². The summed E-state index contributed by atoms with van der Waals surface area (Å²) in [6.45, 7) is 4.25. The van der Waals surface area contributed by atoms with E-state index in [-0.39, 0.29) is 5.54 Å². The lowest BCUT2D eigenvalue weighted by Crippen LogP contribution is -2.39. The summed E-state index contributed by atoms with van der Waals surface area (Å²) in [4.78, 5) is 4.28. The van der Waals surface area contributed by atoms with Crippen LogP contribution in [0.2, 0.25) is 0 Å². The molecule has 0 bridgehead atoms. The van der Waals surface area contributed by atoms with Crippen LogP contribution >= 0.6 is 11.6 Å². The predicted octanol–water partition coefficient (Wildman–Crippen LogP) is 3.30. The zero-order valence-corrected chi connectivity index (χ0v) is 10.8. The van der Waals surface area contributed by atoms with E-state index in [0.717, 1.165) is 24.4 Å². The number of ether oxygens (including phenoxy) is 1. The van der Waals surface area contributed by atoms with Gasteiger partial charge in [0.05, 0.1) is 18.8 Å². The van der Waals surface area contributed by atoms with Gasteiger partial charge in [0.25, 0.3) is 0 Å². The number of nitrogens with one attached hydrogen (secondary N) is 1. The van der Waals surface area contributed by atoms with Crippen LogP contribution < -0.4 is 10.1 Å². The second kappa shape index (κ2) is 5.94. The number of alkyl halides is 1. The first kappa shape index (κ1) is 13.1. The van der Waals surface area contributed by atoms with Crippen molar-refractivity contribution in [2.24, 2.45) is 0 Å². The SMILES string of the molecule is CCC(CC)(CCl)Nc1ccc(OC)cn1. The molecule has 1 aromatic rings. The fraction of sp³-hybridized carbons (Fsp3) is 0.583. The van der Waals surface area contributed by atoms with Gasteiger partial charge in [-0.25, -0.2) is 4.98 Å². The Bertz CT molecular complexity index is 301. The van der Waals surface area contributed by atoms with Crippen LogP contribution in [-0.4, -0.2) is 23.5 Å². The Morgan fingerprint density at radius 1 is 1.38 bits per heavy atom. The van der Waals surface area contributed by atoms with Crippen molar-refractivity contribution >= 4 is 17.4 Å². The van der Waals surface area contributed by atoms with E-state index in [2.05, 4.69) is 24.1 Å². The van der Waals surface area contributed by atoms with Gasteiger partial charge >= 0.3 is 0 Å². The first-order valence-corrected chi connectivity index (χ1v) is 6.07. The van der Waals surface area contributed by atoms with E-state index in [1.54, 1.807) is 13.3 Å². The Labute approximate surface area is 102 Å². The summed E-state index contributed by atoms with van der Waals surface area (Å²) in [5, 5.41) is 3.39. The molecule has 0 aliphatic carbocycles. The van der Waals surface area contributed by atoms with E-state index in [4.69, 9.17) is 16.3 Å². The van der Waals surface area contributed by atoms with E-state index in [1.807, 2.05) is 12.1 Å². The number of methoxy groups -OCH3 is 1. The fourth-order valence-corrected chi connectivity index (χ4v) is 1.94. The summed E-state index contributed by atoms with van der Waals surface area (Å²) in [6, 6.07) is 3.80. The lowest BCUT2D eigenvalue weighted by molar-refractivity contribution is 0.412. The van der Waals surface area contributed by atoms with Gasteiger partial charge < -0.3 is 10.1 Å². The summed E-state index contributed by atoms with van der Waals surface area (Å²) in [6.07, 6.45) is 3.65. The van der Waals surface area contributed by atoms with Crippen LogP contribution in [0.15, 0.2) is 18.3 Å². The molecule has 0 saturated heterocycles. The second-order valence-corrected chi connectivity index (χ2v) is 4.10. The minimum Gasteiger partial charge on any atom is -0.495 e. The van der Waals surface area contributed by atoms with Gasteiger partial charge in [-0.1, -0.05) is 13.8 Å². The lowest BCUT2D eigenvalue weighted by Gasteiger charge is -2.31. The van der Waals surface area contributed by atoms with Crippen molar-refractivity contribution in [3.8, 4) is 5.75 Å². The molecule has 0 fully saturated rings. The standard InChI is InChI=1S/C12H19ClN2O/c1-4-12(5-2,9-13)15-11-7-6-10(16-3)8-14-11/h6-8H,4-5,9H2,1-3H3,(H,14,15). The topological polar surface area (TPSA) is 34.1 Å². The minimum atomic E-state index is -0.0663. The van der Waals surface area contributed by atoms with Gasteiger partial charge in [0, 0.05) is 5.88 Å². The number of anilines is 1. The number of rotatable bonds is 6. The predicted molar refractivity (Wildman–Crippen MR) is 68.4 cm³/mol. The van der Waals surface area contributed by atoms with E-state index in [9.17, 15) is 0 Å². The molecule has 4 heteroatoms. The Balaban J connectivity index is 2.77. The Hall–Kier alpha value is -0.960. The van der Waals surface area contributed by atoms with Crippen LogP contribution in [0.25, 0.3) is 0 Å². The number of nitrogens with zero attached hydrogens (tertiary/aromatic N) is 1. The van der Waals surface area contributed by atoms with Gasteiger partial charge in [-0.15, -0.1) is 11.6 Å². The molecular formula is C12H19ClN2O. The van der Waals surface area contributed by atoms with Crippen molar-refractivity contribution in [3.63, 3.8) is 0 Å². The molecule has 0 radical (unpaired) electrons. The molecule has 0 aromatic carbocycles. The van der Waals surface area contributed by atoms with Crippen molar-refractivity contribution < 1.29 is 4.74 Å². The molecule has 16 heavy (non-hydrogen) atoms. The molecule has 90 valence electrons. The van der Waals surface area contributed by atoms with Gasteiger partial charge in [0.2, 0.25) is 0 Å². The highest BCUT2D eigenvalue weighted by molar-refractivity contribution is 6.18. The van der Waals surface area contributed by atoms with Gasteiger partial charge in [0.1, 0.15) is 11.6 Å². The van der Waals surface area contributed by atoms with E-state index < -0.39 is 0 Å². The Kier molecular flexibility index (Phi) is 4.87. The third-order valence-corrected chi connectivity index (χ3v) is 3.49. The van der Waals surface area contributed by atoms with Crippen molar-refractivity contribution in [1.82, 2.24) is 4.98 Å². The summed E-state index contributed by atoms with van der Waals surface area (Å²) < 4.78 is 5.06. The third-order valence-electron chi connectivity index (χ3n) is 2.97. The molecule has 0 atom stereocenters. The molecule has 1 aromatic heterocycles. The van der Waals surface area contributed by atoms with Gasteiger partial charge in [0.15, 0.2) is 0 Å². The minimum absolute atomic E-state index is 0.0663. The quantitative estimate of drug-likeness (QED) is 0.778. The maximum absolute atomic E-state index is 6.02. The van der Waals surface area contributed by atoms with Gasteiger partial charge in [-0.3, -0.25) is 0 Å². The first-order valence-electron chi connectivity index (χ1n) is 5.54. The third kappa shape index (κ3) is 3.01. The zero-order chi connectivity index (χ0) is 12.0. The monoisotopic (exact) mass is 242 g/mol. The maximum atomic E-state index is 6.02. The number of aromatic nitrogens is 1. The maximum Gasteiger partial charge on any atom is 0.137 e. The molecule has 0 spiro atoms. The van der Waals surface area contributed by atoms with Gasteiger partial charge in [-0.05, 0) is 25.0 Å². The van der Waals surface area contributed by atoms with Crippen LogP contribution in [0.4, 0.5) is 5.82 Å². The van der Waals surface area contributed by atoms with Crippen LogP contribution in [0, 0.1) is 0 Å². The van der Waals surface area contributed by atoms with Crippen LogP contribution in [0.5, 0.6) is 5.75 Å². The van der Waals surface area contributed by atoms with Crippen LogP contribution in [0.3, 0.4) is 0 Å². The van der Waals surface area contributed by atoms with E-state index in [1.165, 1.54) is 0 Å². The molecule has 1 heterocycles. The highest BCUT2D eigenvalue weighted by atomic mass is 35.5. The lowest BCUT2D eigenvalue weighted by atomic mass is 9.95. The molecular weight excluding hydrogens is 224 g/mol. The molecule has 0 saturated carbocycles. The number of hydrogen-bond donors (Lipinski definition) is 1. The van der Waals surface area contributed by atoms with Crippen molar-refractivity contribution in [2.75, 3.05) is 18.3 Å². The molecule has 1 rings (SSSR count). The van der Waals surface area contributed by atoms with E-state index in [0.29, 0.717) is 5.88 Å². The smallest absolute Gasteiger partial charge is 0.137 e. The molecule has 0 unspecified atom stereocenters. The van der Waals surface area contributed by atoms with Crippen molar-refractivity contribution in [2.45, 2.75) is 32.2 Å². The number of hydrogen-bond acceptors (Lipinski definition) is 3. The van der Waals surface area contributed by atoms with Gasteiger partial charge in [-0.2, -0.15) is 0 Å². The zero-order valence-electron chi connectivity index (χ0n) is 10.1. The number of halogens is 1. The number of pyridine rings is 1. The van der Waals surface area contributed by atoms with E-state index >= 15 is 0 Å². The van der Waals surface area contributed by atoms with Crippen LogP contribution in [0.1, 0.15) is 26.7 Å². The molecule has 0 aliphatic heterocycles. The summed E-state index contributed by atoms with van der Waals surface area (Å²) in [5.41, 5.74) is -0.0663. The molecule has 0 amide bonds. The Morgan fingerprint density at radius 2 is 2.06 bits per heavy atom. The summed E-state index contributed by atoms with van der Waals surface area (Å²) >= 11 is 6.02. The highest BCUT2D eigenvalue weighted by Gasteiger charge is 2.24. The molecule has 3 nitrogen and oxygen atoms in total. The molecule has 1 N–H and O–H groups in total. The Morgan fingerprint density at radius 3 is 2.44 bits per heavy atom. The fourth-order valence-electron chi connectivity index (χ4n) is 1.50. The summed E-state index contributed by atoms with van der Waals surface area (Å²) in [5.74, 6) is 2.17. The molecule has 0 aliphatic rings. The summed E-state index contributed by atoms with van der Waals surface area (Å²) in [7, 11) is 1.63. The largest absolute Gasteiger partial charge is 0.495 e. The first-order chi connectivity index (χ1) is 7.69. The average Bonchev–Trinajstić information content (AvgIpc) is 2.37. The highest BCUT2D eigenvalue weighted by Crippen LogP contribution is 2.23. The normalized spacial score (nSPS) is 11.2. The second-order valence-electron chi connectivity index (χ2n) is 3.83. The van der Waals surface area contributed by atoms with Crippen molar-refractivity contribution in [3.05, 3.63) is 18.3 Å². The van der Waals surface area contributed by atoms with Crippen molar-refractivity contribution in [1.29, 1.82) is 0 Å².